The largest absolute Gasteiger partial charge is 0.478 e. The van der Waals surface area contributed by atoms with Gasteiger partial charge in [-0.3, -0.25) is 0 Å². The molecule has 1 N–H and O–H groups in total. The number of benzene rings is 1. The molecule has 0 aliphatic carbocycles. The SMILES string of the molecule is CCN(CC(C)C#N)c1ccc(F)cc1C=CC(=O)O. The van der Waals surface area contributed by atoms with E-state index in [2.05, 4.69) is 6.07 Å². The Morgan fingerprint density at radius 2 is 2.30 bits per heavy atom. The van der Waals surface area contributed by atoms with Crippen molar-refractivity contribution in [1.29, 1.82) is 5.26 Å². The van der Waals surface area contributed by atoms with E-state index in [9.17, 15) is 9.18 Å². The Kier molecular flexibility index (Phi) is 5.73. The van der Waals surface area contributed by atoms with E-state index in [0.717, 1.165) is 6.08 Å². The molecule has 0 heterocycles. The fourth-order valence-electron chi connectivity index (χ4n) is 1.88. The van der Waals surface area contributed by atoms with Crippen LogP contribution in [0, 0.1) is 23.1 Å². The lowest BCUT2D eigenvalue weighted by Crippen LogP contribution is -2.28. The lowest BCUT2D eigenvalue weighted by molar-refractivity contribution is -0.131. The summed E-state index contributed by atoms with van der Waals surface area (Å²) in [7, 11) is 0. The summed E-state index contributed by atoms with van der Waals surface area (Å²) >= 11 is 0. The molecule has 0 radical (unpaired) electrons. The van der Waals surface area contributed by atoms with Crippen LogP contribution >= 0.6 is 0 Å². The van der Waals surface area contributed by atoms with E-state index in [-0.39, 0.29) is 5.92 Å². The first-order chi connectivity index (χ1) is 9.47. The topological polar surface area (TPSA) is 64.3 Å². The minimum absolute atomic E-state index is 0.170. The van der Waals surface area contributed by atoms with Crippen LogP contribution in [0.1, 0.15) is 19.4 Å². The summed E-state index contributed by atoms with van der Waals surface area (Å²) in [6.45, 7) is 4.88. The highest BCUT2D eigenvalue weighted by molar-refractivity contribution is 5.87. The van der Waals surface area contributed by atoms with E-state index in [0.29, 0.717) is 24.3 Å². The van der Waals surface area contributed by atoms with Gasteiger partial charge in [0.1, 0.15) is 5.82 Å². The Balaban J connectivity index is 3.14. The van der Waals surface area contributed by atoms with E-state index in [4.69, 9.17) is 10.4 Å². The van der Waals surface area contributed by atoms with Crippen molar-refractivity contribution in [3.8, 4) is 6.07 Å². The van der Waals surface area contributed by atoms with Gasteiger partial charge in [0.2, 0.25) is 0 Å². The molecule has 0 spiro atoms. The van der Waals surface area contributed by atoms with Crippen molar-refractivity contribution in [2.75, 3.05) is 18.0 Å². The molecule has 0 fully saturated rings. The van der Waals surface area contributed by atoms with Gasteiger partial charge < -0.3 is 10.0 Å². The van der Waals surface area contributed by atoms with Crippen LogP contribution < -0.4 is 4.90 Å². The molecule has 20 heavy (non-hydrogen) atoms. The minimum Gasteiger partial charge on any atom is -0.478 e. The highest BCUT2D eigenvalue weighted by Gasteiger charge is 2.12. The molecule has 5 heteroatoms. The normalized spacial score (nSPS) is 12.1. The van der Waals surface area contributed by atoms with Gasteiger partial charge >= 0.3 is 5.97 Å². The Bertz CT molecular complexity index is 549. The molecule has 0 aliphatic rings. The summed E-state index contributed by atoms with van der Waals surface area (Å²) in [6, 6.07) is 6.37. The first-order valence-electron chi connectivity index (χ1n) is 6.33. The summed E-state index contributed by atoms with van der Waals surface area (Å²) in [5.74, 6) is -1.69. The quantitative estimate of drug-likeness (QED) is 0.811. The van der Waals surface area contributed by atoms with Crippen molar-refractivity contribution in [2.45, 2.75) is 13.8 Å². The minimum atomic E-state index is -1.09. The molecule has 106 valence electrons. The number of nitrogens with zero attached hydrogens (tertiary/aromatic N) is 2. The molecule has 1 aromatic rings. The Hall–Kier alpha value is -2.35. The molecule has 4 nitrogen and oxygen atoms in total. The molecular formula is C15H17FN2O2. The standard InChI is InChI=1S/C15H17FN2O2/c1-3-18(10-11(2)9-17)14-6-5-13(16)8-12(14)4-7-15(19)20/h4-8,11H,3,10H2,1-2H3,(H,19,20). The van der Waals surface area contributed by atoms with E-state index in [1.807, 2.05) is 11.8 Å². The number of carboxylic acid groups (broad SMARTS) is 1. The second-order valence-electron chi connectivity index (χ2n) is 4.44. The maximum atomic E-state index is 13.3. The van der Waals surface area contributed by atoms with Gasteiger partial charge in [-0.15, -0.1) is 0 Å². The summed E-state index contributed by atoms with van der Waals surface area (Å²) in [4.78, 5) is 12.5. The van der Waals surface area contributed by atoms with Crippen molar-refractivity contribution in [2.24, 2.45) is 5.92 Å². The maximum absolute atomic E-state index is 13.3. The highest BCUT2D eigenvalue weighted by Crippen LogP contribution is 2.24. The van der Waals surface area contributed by atoms with Gasteiger partial charge in [0.15, 0.2) is 0 Å². The predicted octanol–water partition coefficient (Wildman–Crippen LogP) is 2.91. The van der Waals surface area contributed by atoms with Gasteiger partial charge in [-0.05, 0) is 38.1 Å². The zero-order valence-electron chi connectivity index (χ0n) is 11.5. The van der Waals surface area contributed by atoms with Crippen molar-refractivity contribution in [3.63, 3.8) is 0 Å². The zero-order chi connectivity index (χ0) is 15.1. The Morgan fingerprint density at radius 3 is 2.85 bits per heavy atom. The molecule has 0 bridgehead atoms. The molecule has 1 aromatic carbocycles. The fourth-order valence-corrected chi connectivity index (χ4v) is 1.88. The summed E-state index contributed by atoms with van der Waals surface area (Å²) in [5, 5.41) is 17.6. The molecule has 0 aromatic heterocycles. The van der Waals surface area contributed by atoms with E-state index >= 15 is 0 Å². The van der Waals surface area contributed by atoms with E-state index < -0.39 is 11.8 Å². The lowest BCUT2D eigenvalue weighted by atomic mass is 10.1. The number of hydrogen-bond donors (Lipinski definition) is 1. The third-order valence-electron chi connectivity index (χ3n) is 2.83. The van der Waals surface area contributed by atoms with Crippen LogP contribution in [0.25, 0.3) is 6.08 Å². The number of rotatable bonds is 6. The molecule has 0 saturated carbocycles. The molecule has 1 rings (SSSR count). The summed E-state index contributed by atoms with van der Waals surface area (Å²) in [6.07, 6.45) is 2.33. The van der Waals surface area contributed by atoms with Crippen molar-refractivity contribution < 1.29 is 14.3 Å². The average Bonchev–Trinajstić information content (AvgIpc) is 2.42. The highest BCUT2D eigenvalue weighted by atomic mass is 19.1. The van der Waals surface area contributed by atoms with E-state index in [1.165, 1.54) is 18.2 Å². The predicted molar refractivity (Wildman–Crippen MR) is 75.7 cm³/mol. The van der Waals surface area contributed by atoms with Crippen molar-refractivity contribution in [1.82, 2.24) is 0 Å². The van der Waals surface area contributed by atoms with Gasteiger partial charge in [-0.25, -0.2) is 9.18 Å². The second-order valence-corrected chi connectivity index (χ2v) is 4.44. The van der Waals surface area contributed by atoms with Gasteiger partial charge in [-0.2, -0.15) is 5.26 Å². The molecular weight excluding hydrogens is 259 g/mol. The Labute approximate surface area is 117 Å². The number of carboxylic acids is 1. The number of anilines is 1. The second kappa shape index (κ2) is 7.29. The molecule has 0 aliphatic heterocycles. The molecule has 0 saturated heterocycles. The van der Waals surface area contributed by atoms with Gasteiger partial charge in [0.05, 0.1) is 12.0 Å². The van der Waals surface area contributed by atoms with E-state index in [1.54, 1.807) is 13.0 Å². The van der Waals surface area contributed by atoms with Crippen molar-refractivity contribution >= 4 is 17.7 Å². The van der Waals surface area contributed by atoms with Crippen LogP contribution in [0.3, 0.4) is 0 Å². The first-order valence-corrected chi connectivity index (χ1v) is 6.33. The monoisotopic (exact) mass is 276 g/mol. The number of hydrogen-bond acceptors (Lipinski definition) is 3. The number of halogens is 1. The molecule has 1 unspecified atom stereocenters. The van der Waals surface area contributed by atoms with Crippen LogP contribution in [-0.2, 0) is 4.79 Å². The third-order valence-corrected chi connectivity index (χ3v) is 2.83. The molecule has 1 atom stereocenters. The number of nitriles is 1. The zero-order valence-corrected chi connectivity index (χ0v) is 11.5. The lowest BCUT2D eigenvalue weighted by Gasteiger charge is -2.26. The van der Waals surface area contributed by atoms with Crippen LogP contribution in [0.5, 0.6) is 0 Å². The fraction of sp³-hybridized carbons (Fsp3) is 0.333. The van der Waals surface area contributed by atoms with Crippen LogP contribution in [0.15, 0.2) is 24.3 Å². The van der Waals surface area contributed by atoms with Crippen LogP contribution in [0.2, 0.25) is 0 Å². The summed E-state index contributed by atoms with van der Waals surface area (Å²) < 4.78 is 13.3. The van der Waals surface area contributed by atoms with Crippen LogP contribution in [-0.4, -0.2) is 24.2 Å². The van der Waals surface area contributed by atoms with Crippen molar-refractivity contribution in [3.05, 3.63) is 35.7 Å². The smallest absolute Gasteiger partial charge is 0.328 e. The van der Waals surface area contributed by atoms with Crippen LogP contribution in [0.4, 0.5) is 10.1 Å². The Morgan fingerprint density at radius 1 is 1.60 bits per heavy atom. The average molecular weight is 276 g/mol. The van der Waals surface area contributed by atoms with Gasteiger partial charge in [0, 0.05) is 30.4 Å². The number of carbonyl (C=O) groups is 1. The number of aliphatic carboxylic acids is 1. The maximum Gasteiger partial charge on any atom is 0.328 e. The van der Waals surface area contributed by atoms with Gasteiger partial charge in [-0.1, -0.05) is 0 Å². The summed E-state index contributed by atoms with van der Waals surface area (Å²) in [5.41, 5.74) is 1.20. The third kappa shape index (κ3) is 4.39. The molecule has 0 amide bonds. The first kappa shape index (κ1) is 15.7. The van der Waals surface area contributed by atoms with Gasteiger partial charge in [0.25, 0.3) is 0 Å².